The number of esters is 1. The molecule has 0 radical (unpaired) electrons. The molecule has 8 heteroatoms. The lowest BCUT2D eigenvalue weighted by atomic mass is 10.1. The highest BCUT2D eigenvalue weighted by Gasteiger charge is 2.19. The van der Waals surface area contributed by atoms with E-state index in [1.807, 2.05) is 0 Å². The summed E-state index contributed by atoms with van der Waals surface area (Å²) in [6.07, 6.45) is 1.34. The van der Waals surface area contributed by atoms with Gasteiger partial charge in [-0.3, -0.25) is 4.79 Å². The van der Waals surface area contributed by atoms with E-state index in [-0.39, 0.29) is 28.3 Å². The maximum Gasteiger partial charge on any atom is 0.337 e. The number of hydrogen-bond donors (Lipinski definition) is 1. The van der Waals surface area contributed by atoms with Crippen molar-refractivity contribution < 1.29 is 23.5 Å². The first-order valence-electron chi connectivity index (χ1n) is 9.37. The number of nitrogens with zero attached hydrogens (tertiary/aromatic N) is 1. The molecule has 0 spiro atoms. The third-order valence-electron chi connectivity index (χ3n) is 4.67. The van der Waals surface area contributed by atoms with Crippen molar-refractivity contribution in [3.8, 4) is 11.6 Å². The molecule has 160 valence electrons. The van der Waals surface area contributed by atoms with E-state index in [1.54, 1.807) is 44.2 Å². The van der Waals surface area contributed by atoms with Crippen LogP contribution in [0.2, 0.25) is 5.02 Å². The van der Waals surface area contributed by atoms with Crippen LogP contribution in [0.1, 0.15) is 44.8 Å². The SMILES string of the molecule is COC(=O)c1ccc([C@H](C)NC(=O)c2cc(Cl)cnc2Oc2cccc(F)c2C)cc1. The zero-order valence-electron chi connectivity index (χ0n) is 17.1. The number of pyridine rings is 1. The number of aromatic nitrogens is 1. The number of nitrogens with one attached hydrogen (secondary N) is 1. The Labute approximate surface area is 184 Å². The smallest absolute Gasteiger partial charge is 0.337 e. The van der Waals surface area contributed by atoms with Crippen LogP contribution < -0.4 is 10.1 Å². The van der Waals surface area contributed by atoms with Gasteiger partial charge in [-0.05, 0) is 49.7 Å². The predicted molar refractivity (Wildman–Crippen MR) is 114 cm³/mol. The van der Waals surface area contributed by atoms with Crippen LogP contribution in [0.15, 0.2) is 54.7 Å². The first-order chi connectivity index (χ1) is 14.8. The minimum atomic E-state index is -0.469. The molecule has 1 amide bonds. The summed E-state index contributed by atoms with van der Waals surface area (Å²) in [7, 11) is 1.31. The van der Waals surface area contributed by atoms with Crippen molar-refractivity contribution in [3.05, 3.63) is 87.8 Å². The van der Waals surface area contributed by atoms with E-state index in [2.05, 4.69) is 15.0 Å². The van der Waals surface area contributed by atoms with Crippen LogP contribution in [0, 0.1) is 12.7 Å². The molecule has 0 aliphatic carbocycles. The van der Waals surface area contributed by atoms with Crippen LogP contribution >= 0.6 is 11.6 Å². The van der Waals surface area contributed by atoms with Gasteiger partial charge < -0.3 is 14.8 Å². The molecular weight excluding hydrogens is 423 g/mol. The van der Waals surface area contributed by atoms with E-state index in [4.69, 9.17) is 16.3 Å². The topological polar surface area (TPSA) is 77.5 Å². The third kappa shape index (κ3) is 5.19. The highest BCUT2D eigenvalue weighted by atomic mass is 35.5. The van der Waals surface area contributed by atoms with Crippen LogP contribution in [0.5, 0.6) is 11.6 Å². The van der Waals surface area contributed by atoms with Gasteiger partial charge in [0.25, 0.3) is 5.91 Å². The van der Waals surface area contributed by atoms with Gasteiger partial charge in [0.15, 0.2) is 0 Å². The average molecular weight is 443 g/mol. The lowest BCUT2D eigenvalue weighted by Gasteiger charge is -2.17. The number of rotatable bonds is 6. The quantitative estimate of drug-likeness (QED) is 0.527. The highest BCUT2D eigenvalue weighted by Crippen LogP contribution is 2.29. The number of benzene rings is 2. The average Bonchev–Trinajstić information content (AvgIpc) is 2.77. The molecule has 0 fully saturated rings. The minimum absolute atomic E-state index is 0.00355. The number of ether oxygens (including phenoxy) is 2. The van der Waals surface area contributed by atoms with Crippen molar-refractivity contribution in [1.29, 1.82) is 0 Å². The van der Waals surface area contributed by atoms with Gasteiger partial charge in [-0.15, -0.1) is 0 Å². The summed E-state index contributed by atoms with van der Waals surface area (Å²) in [5, 5.41) is 3.10. The summed E-state index contributed by atoms with van der Waals surface area (Å²) in [4.78, 5) is 28.6. The molecule has 1 heterocycles. The number of carbonyl (C=O) groups is 2. The van der Waals surface area contributed by atoms with Gasteiger partial charge in [0, 0.05) is 11.8 Å². The summed E-state index contributed by atoms with van der Waals surface area (Å²) in [6, 6.07) is 12.1. The van der Waals surface area contributed by atoms with E-state index in [1.165, 1.54) is 31.5 Å². The second kappa shape index (κ2) is 9.57. The first-order valence-corrected chi connectivity index (χ1v) is 9.75. The molecule has 0 saturated carbocycles. The molecule has 31 heavy (non-hydrogen) atoms. The zero-order chi connectivity index (χ0) is 22.5. The highest BCUT2D eigenvalue weighted by molar-refractivity contribution is 6.30. The number of carbonyl (C=O) groups excluding carboxylic acids is 2. The van der Waals surface area contributed by atoms with E-state index in [9.17, 15) is 14.0 Å². The Hall–Kier alpha value is -3.45. The molecule has 2 aromatic carbocycles. The fourth-order valence-corrected chi connectivity index (χ4v) is 3.01. The Morgan fingerprint density at radius 2 is 1.87 bits per heavy atom. The Balaban J connectivity index is 1.82. The van der Waals surface area contributed by atoms with Crippen LogP contribution in [0.25, 0.3) is 0 Å². The van der Waals surface area contributed by atoms with Crippen LogP contribution in [-0.4, -0.2) is 24.0 Å². The molecule has 1 atom stereocenters. The lowest BCUT2D eigenvalue weighted by molar-refractivity contribution is 0.0600. The summed E-state index contributed by atoms with van der Waals surface area (Å²) >= 11 is 6.03. The molecule has 0 bridgehead atoms. The number of hydrogen-bond acceptors (Lipinski definition) is 5. The summed E-state index contributed by atoms with van der Waals surface area (Å²) in [5.41, 5.74) is 1.59. The predicted octanol–water partition coefficient (Wildman–Crippen LogP) is 5.25. The largest absolute Gasteiger partial charge is 0.465 e. The molecular formula is C23H20ClFN2O4. The van der Waals surface area contributed by atoms with Gasteiger partial charge in [0.1, 0.15) is 17.1 Å². The Morgan fingerprint density at radius 3 is 2.55 bits per heavy atom. The number of amides is 1. The normalized spacial score (nSPS) is 11.5. The standard InChI is InChI=1S/C23H20ClFN2O4/c1-13-19(25)5-4-6-20(13)31-22-18(11-17(24)12-26-22)21(28)27-14(2)15-7-9-16(10-8-15)23(29)30-3/h4-12,14H,1-3H3,(H,27,28)/t14-/m0/s1. The fraction of sp³-hybridized carbons (Fsp3) is 0.174. The van der Waals surface area contributed by atoms with Crippen LogP contribution in [-0.2, 0) is 4.74 Å². The molecule has 0 aliphatic heterocycles. The Kier molecular flexibility index (Phi) is 6.87. The summed E-state index contributed by atoms with van der Waals surface area (Å²) < 4.78 is 24.2. The van der Waals surface area contributed by atoms with Gasteiger partial charge in [0.05, 0.1) is 23.7 Å². The van der Waals surface area contributed by atoms with Crippen molar-refractivity contribution in [1.82, 2.24) is 10.3 Å². The second-order valence-corrected chi connectivity index (χ2v) is 7.22. The van der Waals surface area contributed by atoms with Crippen LogP contribution in [0.3, 0.4) is 0 Å². The molecule has 1 N–H and O–H groups in total. The molecule has 0 unspecified atom stereocenters. The number of methoxy groups -OCH3 is 1. The van der Waals surface area contributed by atoms with Gasteiger partial charge in [-0.2, -0.15) is 0 Å². The lowest BCUT2D eigenvalue weighted by Crippen LogP contribution is -2.27. The van der Waals surface area contributed by atoms with Gasteiger partial charge in [0.2, 0.25) is 5.88 Å². The van der Waals surface area contributed by atoms with Gasteiger partial charge in [-0.25, -0.2) is 14.2 Å². The van der Waals surface area contributed by atoms with Crippen molar-refractivity contribution in [2.24, 2.45) is 0 Å². The van der Waals surface area contributed by atoms with Gasteiger partial charge in [-0.1, -0.05) is 29.8 Å². The van der Waals surface area contributed by atoms with Crippen molar-refractivity contribution >= 4 is 23.5 Å². The molecule has 6 nitrogen and oxygen atoms in total. The van der Waals surface area contributed by atoms with Gasteiger partial charge >= 0.3 is 5.97 Å². The first kappa shape index (κ1) is 22.2. The van der Waals surface area contributed by atoms with E-state index < -0.39 is 17.7 Å². The maximum absolute atomic E-state index is 13.8. The van der Waals surface area contributed by atoms with Crippen molar-refractivity contribution in [2.75, 3.05) is 7.11 Å². The van der Waals surface area contributed by atoms with E-state index in [0.717, 1.165) is 5.56 Å². The maximum atomic E-state index is 13.8. The Bertz CT molecular complexity index is 1120. The van der Waals surface area contributed by atoms with Crippen molar-refractivity contribution in [3.63, 3.8) is 0 Å². The van der Waals surface area contributed by atoms with Crippen LogP contribution in [0.4, 0.5) is 4.39 Å². The monoisotopic (exact) mass is 442 g/mol. The summed E-state index contributed by atoms with van der Waals surface area (Å²) in [6.45, 7) is 3.36. The van der Waals surface area contributed by atoms with E-state index >= 15 is 0 Å². The third-order valence-corrected chi connectivity index (χ3v) is 4.87. The fourth-order valence-electron chi connectivity index (χ4n) is 2.86. The van der Waals surface area contributed by atoms with Crippen molar-refractivity contribution in [2.45, 2.75) is 19.9 Å². The molecule has 0 aliphatic rings. The molecule has 0 saturated heterocycles. The molecule has 1 aromatic heterocycles. The minimum Gasteiger partial charge on any atom is -0.465 e. The zero-order valence-corrected chi connectivity index (χ0v) is 17.9. The number of halogens is 2. The van der Waals surface area contributed by atoms with E-state index in [0.29, 0.717) is 11.1 Å². The molecule has 3 rings (SSSR count). The summed E-state index contributed by atoms with van der Waals surface area (Å²) in [5.74, 6) is -1.09. The Morgan fingerprint density at radius 1 is 1.16 bits per heavy atom. The molecule has 3 aromatic rings. The second-order valence-electron chi connectivity index (χ2n) is 6.78.